The topological polar surface area (TPSA) is 47.7 Å². The molecule has 2 rings (SSSR count). The van der Waals surface area contributed by atoms with Crippen LogP contribution in [0.5, 0.6) is 11.5 Å². The molecule has 0 fully saturated rings. The molecule has 2 unspecified atom stereocenters. The Morgan fingerprint density at radius 3 is 2.67 bits per heavy atom. The minimum absolute atomic E-state index is 0.00791. The summed E-state index contributed by atoms with van der Waals surface area (Å²) >= 11 is 0. The van der Waals surface area contributed by atoms with E-state index in [0.29, 0.717) is 12.6 Å². The molecule has 2 N–H and O–H groups in total. The zero-order valence-corrected chi connectivity index (χ0v) is 13.5. The fourth-order valence-corrected chi connectivity index (χ4v) is 2.64. The number of likely N-dealkylation sites (N-methyl/N-ethyl adjacent to an activating group) is 1. The van der Waals surface area contributed by atoms with Crippen LogP contribution in [0.4, 0.5) is 0 Å². The molecule has 0 saturated carbocycles. The van der Waals surface area contributed by atoms with E-state index in [0.717, 1.165) is 36.6 Å². The van der Waals surface area contributed by atoms with Gasteiger partial charge >= 0.3 is 0 Å². The number of hydrogen-bond acceptors (Lipinski definition) is 4. The highest BCUT2D eigenvalue weighted by Gasteiger charge is 2.17. The van der Waals surface area contributed by atoms with Crippen LogP contribution in [-0.2, 0) is 0 Å². The van der Waals surface area contributed by atoms with Gasteiger partial charge < -0.3 is 20.1 Å². The van der Waals surface area contributed by atoms with Crippen LogP contribution in [0.1, 0.15) is 44.7 Å². The predicted octanol–water partition coefficient (Wildman–Crippen LogP) is 2.97. The summed E-state index contributed by atoms with van der Waals surface area (Å²) in [5.41, 5.74) is 7.47. The van der Waals surface area contributed by atoms with Crippen molar-refractivity contribution in [1.29, 1.82) is 0 Å². The number of nitrogens with zero attached hydrogens (tertiary/aromatic N) is 1. The summed E-state index contributed by atoms with van der Waals surface area (Å²) in [5, 5.41) is 0. The first-order valence-corrected chi connectivity index (χ1v) is 7.97. The molecule has 118 valence electrons. The van der Waals surface area contributed by atoms with Gasteiger partial charge in [-0.25, -0.2) is 0 Å². The lowest BCUT2D eigenvalue weighted by atomic mass is 10.1. The van der Waals surface area contributed by atoms with E-state index in [-0.39, 0.29) is 6.04 Å². The Hall–Kier alpha value is -1.26. The summed E-state index contributed by atoms with van der Waals surface area (Å²) in [4.78, 5) is 2.33. The number of nitrogens with two attached hydrogens (primary N) is 1. The SMILES string of the molecule is CCCC(C)N(C)CC(N)c1ccc2c(c1)OCCCO2. The zero-order chi connectivity index (χ0) is 15.2. The Morgan fingerprint density at radius 1 is 1.24 bits per heavy atom. The second kappa shape index (κ2) is 7.66. The Morgan fingerprint density at radius 2 is 1.95 bits per heavy atom. The molecular weight excluding hydrogens is 264 g/mol. The van der Waals surface area contributed by atoms with Crippen LogP contribution in [0.3, 0.4) is 0 Å². The van der Waals surface area contributed by atoms with Crippen LogP contribution < -0.4 is 15.2 Å². The van der Waals surface area contributed by atoms with Crippen LogP contribution in [0.25, 0.3) is 0 Å². The maximum atomic E-state index is 6.36. The van der Waals surface area contributed by atoms with Gasteiger partial charge in [-0.3, -0.25) is 0 Å². The fraction of sp³-hybridized carbons (Fsp3) is 0.647. The molecule has 0 spiro atoms. The average molecular weight is 292 g/mol. The summed E-state index contributed by atoms with van der Waals surface area (Å²) in [6.07, 6.45) is 3.32. The molecule has 4 nitrogen and oxygen atoms in total. The standard InChI is InChI=1S/C17H28N2O2/c1-4-6-13(2)19(3)12-15(18)14-7-8-16-17(11-14)21-10-5-9-20-16/h7-8,11,13,15H,4-6,9-10,12,18H2,1-3H3. The van der Waals surface area contributed by atoms with Crippen molar-refractivity contribution in [3.8, 4) is 11.5 Å². The highest BCUT2D eigenvalue weighted by Crippen LogP contribution is 2.32. The number of rotatable bonds is 6. The zero-order valence-electron chi connectivity index (χ0n) is 13.5. The first kappa shape index (κ1) is 16.1. The second-order valence-electron chi connectivity index (χ2n) is 5.94. The van der Waals surface area contributed by atoms with Crippen LogP contribution in [-0.4, -0.2) is 37.7 Å². The summed E-state index contributed by atoms with van der Waals surface area (Å²) in [5.74, 6) is 1.65. The molecule has 1 aliphatic heterocycles. The minimum Gasteiger partial charge on any atom is -0.490 e. The second-order valence-corrected chi connectivity index (χ2v) is 5.94. The number of hydrogen-bond donors (Lipinski definition) is 1. The van der Waals surface area contributed by atoms with Crippen LogP contribution in [0.2, 0.25) is 0 Å². The number of benzene rings is 1. The van der Waals surface area contributed by atoms with Crippen molar-refractivity contribution in [2.24, 2.45) is 5.73 Å². The van der Waals surface area contributed by atoms with Gasteiger partial charge in [0.25, 0.3) is 0 Å². The van der Waals surface area contributed by atoms with Crippen molar-refractivity contribution >= 4 is 0 Å². The van der Waals surface area contributed by atoms with Gasteiger partial charge in [-0.15, -0.1) is 0 Å². The molecule has 1 aromatic carbocycles. The Bertz CT molecular complexity index is 450. The maximum absolute atomic E-state index is 6.36. The average Bonchev–Trinajstić information content (AvgIpc) is 2.71. The van der Waals surface area contributed by atoms with E-state index in [1.165, 1.54) is 12.8 Å². The molecule has 1 heterocycles. The molecule has 21 heavy (non-hydrogen) atoms. The summed E-state index contributed by atoms with van der Waals surface area (Å²) in [6.45, 7) is 6.74. The highest BCUT2D eigenvalue weighted by molar-refractivity contribution is 5.44. The molecule has 0 aromatic heterocycles. The third kappa shape index (κ3) is 4.35. The van der Waals surface area contributed by atoms with E-state index in [1.807, 2.05) is 12.1 Å². The molecule has 1 aliphatic rings. The van der Waals surface area contributed by atoms with Crippen LogP contribution >= 0.6 is 0 Å². The van der Waals surface area contributed by atoms with E-state index in [4.69, 9.17) is 15.2 Å². The normalized spacial score (nSPS) is 17.4. The van der Waals surface area contributed by atoms with E-state index in [1.54, 1.807) is 0 Å². The fourth-order valence-electron chi connectivity index (χ4n) is 2.64. The molecule has 4 heteroatoms. The summed E-state index contributed by atoms with van der Waals surface area (Å²) < 4.78 is 11.4. The molecule has 2 atom stereocenters. The van der Waals surface area contributed by atoms with Gasteiger partial charge in [0.15, 0.2) is 11.5 Å². The molecule has 0 radical (unpaired) electrons. The van der Waals surface area contributed by atoms with Crippen LogP contribution in [0, 0.1) is 0 Å². The molecule has 0 saturated heterocycles. The summed E-state index contributed by atoms with van der Waals surface area (Å²) in [7, 11) is 2.14. The molecule has 0 bridgehead atoms. The maximum Gasteiger partial charge on any atom is 0.161 e. The summed E-state index contributed by atoms with van der Waals surface area (Å²) in [6, 6.07) is 6.61. The van der Waals surface area contributed by atoms with Crippen molar-refractivity contribution in [3.63, 3.8) is 0 Å². The van der Waals surface area contributed by atoms with Gasteiger partial charge in [-0.2, -0.15) is 0 Å². The van der Waals surface area contributed by atoms with E-state index >= 15 is 0 Å². The van der Waals surface area contributed by atoms with Gasteiger partial charge in [0.2, 0.25) is 0 Å². The van der Waals surface area contributed by atoms with Crippen molar-refractivity contribution < 1.29 is 9.47 Å². The number of ether oxygens (including phenoxy) is 2. The molecule has 1 aromatic rings. The Kier molecular flexibility index (Phi) is 5.88. The van der Waals surface area contributed by atoms with Crippen molar-refractivity contribution in [2.75, 3.05) is 26.8 Å². The molecule has 0 amide bonds. The van der Waals surface area contributed by atoms with Crippen molar-refractivity contribution in [2.45, 2.75) is 45.2 Å². The smallest absolute Gasteiger partial charge is 0.161 e. The first-order chi connectivity index (χ1) is 10.1. The lowest BCUT2D eigenvalue weighted by Gasteiger charge is -2.27. The van der Waals surface area contributed by atoms with Crippen molar-refractivity contribution in [1.82, 2.24) is 4.90 Å². The lowest BCUT2D eigenvalue weighted by molar-refractivity contribution is 0.231. The highest BCUT2D eigenvalue weighted by atomic mass is 16.5. The largest absolute Gasteiger partial charge is 0.490 e. The number of fused-ring (bicyclic) bond motifs is 1. The Labute approximate surface area is 128 Å². The van der Waals surface area contributed by atoms with Gasteiger partial charge in [-0.1, -0.05) is 19.4 Å². The van der Waals surface area contributed by atoms with Gasteiger partial charge in [0.1, 0.15) is 0 Å². The quantitative estimate of drug-likeness (QED) is 0.875. The predicted molar refractivity (Wildman–Crippen MR) is 86.0 cm³/mol. The van der Waals surface area contributed by atoms with Crippen LogP contribution in [0.15, 0.2) is 18.2 Å². The van der Waals surface area contributed by atoms with E-state index < -0.39 is 0 Å². The van der Waals surface area contributed by atoms with Crippen molar-refractivity contribution in [3.05, 3.63) is 23.8 Å². The van der Waals surface area contributed by atoms with E-state index in [2.05, 4.69) is 31.9 Å². The Balaban J connectivity index is 2.02. The van der Waals surface area contributed by atoms with Gasteiger partial charge in [0.05, 0.1) is 13.2 Å². The van der Waals surface area contributed by atoms with Gasteiger partial charge in [-0.05, 0) is 38.1 Å². The molecular formula is C17H28N2O2. The third-order valence-corrected chi connectivity index (χ3v) is 4.14. The first-order valence-electron chi connectivity index (χ1n) is 7.97. The van der Waals surface area contributed by atoms with E-state index in [9.17, 15) is 0 Å². The minimum atomic E-state index is -0.00791. The molecule has 0 aliphatic carbocycles. The third-order valence-electron chi connectivity index (χ3n) is 4.14. The van der Waals surface area contributed by atoms with Gasteiger partial charge in [0, 0.05) is 25.0 Å². The monoisotopic (exact) mass is 292 g/mol. The lowest BCUT2D eigenvalue weighted by Crippen LogP contribution is -2.35.